The van der Waals surface area contributed by atoms with Crippen LogP contribution in [-0.2, 0) is 4.79 Å². The molecule has 1 aromatic rings. The van der Waals surface area contributed by atoms with E-state index in [1.807, 2.05) is 6.92 Å². The molecule has 2 amide bonds. The third kappa shape index (κ3) is 3.36. The van der Waals surface area contributed by atoms with Crippen molar-refractivity contribution >= 4 is 11.8 Å². The second kappa shape index (κ2) is 6.41. The van der Waals surface area contributed by atoms with Crippen molar-refractivity contribution in [2.45, 2.75) is 26.2 Å². The summed E-state index contributed by atoms with van der Waals surface area (Å²) in [5.41, 5.74) is 0. The van der Waals surface area contributed by atoms with E-state index in [0.717, 1.165) is 25.8 Å². The number of nitrogens with one attached hydrogen (secondary N) is 1. The molecule has 0 radical (unpaired) electrons. The lowest BCUT2D eigenvalue weighted by Crippen LogP contribution is -2.43. The minimum absolute atomic E-state index is 0.0344. The van der Waals surface area contributed by atoms with Gasteiger partial charge in [-0.15, -0.1) is 0 Å². The number of carbonyl (C=O) groups is 2. The van der Waals surface area contributed by atoms with Crippen LogP contribution in [0.2, 0.25) is 0 Å². The predicted octanol–water partition coefficient (Wildman–Crippen LogP) is 1.66. The van der Waals surface area contributed by atoms with Gasteiger partial charge in [-0.05, 0) is 31.4 Å². The third-order valence-electron chi connectivity index (χ3n) is 3.43. The van der Waals surface area contributed by atoms with Crippen molar-refractivity contribution in [3.8, 4) is 0 Å². The minimum atomic E-state index is -0.0857. The highest BCUT2D eigenvalue weighted by Gasteiger charge is 2.28. The largest absolute Gasteiger partial charge is 0.459 e. The lowest BCUT2D eigenvalue weighted by Gasteiger charge is -2.30. The molecule has 19 heavy (non-hydrogen) atoms. The highest BCUT2D eigenvalue weighted by Crippen LogP contribution is 2.19. The SMILES string of the molecule is CCCNC(=O)C1CCN(C(=O)c2ccco2)CC1. The van der Waals surface area contributed by atoms with Crippen molar-refractivity contribution in [1.29, 1.82) is 0 Å². The number of carbonyl (C=O) groups excluding carboxylic acids is 2. The summed E-state index contributed by atoms with van der Waals surface area (Å²) in [6.45, 7) is 3.99. The van der Waals surface area contributed by atoms with Crippen molar-refractivity contribution in [3.63, 3.8) is 0 Å². The smallest absolute Gasteiger partial charge is 0.289 e. The fraction of sp³-hybridized carbons (Fsp3) is 0.571. The maximum absolute atomic E-state index is 12.0. The molecule has 0 spiro atoms. The summed E-state index contributed by atoms with van der Waals surface area (Å²) >= 11 is 0. The zero-order valence-electron chi connectivity index (χ0n) is 11.2. The Bertz CT molecular complexity index is 420. The zero-order valence-corrected chi connectivity index (χ0v) is 11.2. The van der Waals surface area contributed by atoms with Gasteiger partial charge in [0.15, 0.2) is 5.76 Å². The van der Waals surface area contributed by atoms with Crippen molar-refractivity contribution in [2.24, 2.45) is 5.92 Å². The van der Waals surface area contributed by atoms with Crippen molar-refractivity contribution < 1.29 is 14.0 Å². The van der Waals surface area contributed by atoms with Gasteiger partial charge in [-0.3, -0.25) is 9.59 Å². The van der Waals surface area contributed by atoms with E-state index in [-0.39, 0.29) is 17.7 Å². The number of hydrogen-bond donors (Lipinski definition) is 1. The zero-order chi connectivity index (χ0) is 13.7. The molecule has 1 aromatic heterocycles. The number of furan rings is 1. The molecule has 0 aromatic carbocycles. The van der Waals surface area contributed by atoms with E-state index in [9.17, 15) is 9.59 Å². The molecular formula is C14H20N2O3. The molecule has 1 N–H and O–H groups in total. The quantitative estimate of drug-likeness (QED) is 0.899. The number of hydrogen-bond acceptors (Lipinski definition) is 3. The van der Waals surface area contributed by atoms with Crippen LogP contribution in [0.1, 0.15) is 36.7 Å². The van der Waals surface area contributed by atoms with Crippen molar-refractivity contribution in [2.75, 3.05) is 19.6 Å². The van der Waals surface area contributed by atoms with Crippen molar-refractivity contribution in [3.05, 3.63) is 24.2 Å². The molecule has 1 aliphatic heterocycles. The predicted molar refractivity (Wildman–Crippen MR) is 70.6 cm³/mol. The first-order chi connectivity index (χ1) is 9.22. The Morgan fingerprint density at radius 1 is 1.42 bits per heavy atom. The fourth-order valence-corrected chi connectivity index (χ4v) is 2.29. The number of piperidine rings is 1. The molecule has 5 heteroatoms. The van der Waals surface area contributed by atoms with Crippen LogP contribution in [0.4, 0.5) is 0 Å². The van der Waals surface area contributed by atoms with Gasteiger partial charge in [-0.2, -0.15) is 0 Å². The summed E-state index contributed by atoms with van der Waals surface area (Å²) in [5, 5.41) is 2.91. The molecule has 0 unspecified atom stereocenters. The summed E-state index contributed by atoms with van der Waals surface area (Å²) < 4.78 is 5.11. The van der Waals surface area contributed by atoms with E-state index in [1.54, 1.807) is 17.0 Å². The molecule has 2 rings (SSSR count). The fourth-order valence-electron chi connectivity index (χ4n) is 2.29. The molecule has 1 saturated heterocycles. The summed E-state index contributed by atoms with van der Waals surface area (Å²) in [6.07, 6.45) is 3.89. The standard InChI is InChI=1S/C14H20N2O3/c1-2-7-15-13(17)11-5-8-16(9-6-11)14(18)12-4-3-10-19-12/h3-4,10-11H,2,5-9H2,1H3,(H,15,17). The molecule has 2 heterocycles. The van der Waals surface area contributed by atoms with E-state index < -0.39 is 0 Å². The number of rotatable bonds is 4. The summed E-state index contributed by atoms with van der Waals surface area (Å²) in [7, 11) is 0. The second-order valence-corrected chi connectivity index (χ2v) is 4.83. The van der Waals surface area contributed by atoms with Crippen LogP contribution in [0.25, 0.3) is 0 Å². The van der Waals surface area contributed by atoms with Gasteiger partial charge in [0, 0.05) is 25.6 Å². The first kappa shape index (κ1) is 13.6. The van der Waals surface area contributed by atoms with Gasteiger partial charge in [0.2, 0.25) is 5.91 Å². The number of amides is 2. The summed E-state index contributed by atoms with van der Waals surface area (Å²) in [5.74, 6) is 0.436. The third-order valence-corrected chi connectivity index (χ3v) is 3.43. The van der Waals surface area contributed by atoms with E-state index in [2.05, 4.69) is 5.32 Å². The molecule has 1 fully saturated rings. The van der Waals surface area contributed by atoms with Crippen LogP contribution in [0, 0.1) is 5.92 Å². The monoisotopic (exact) mass is 264 g/mol. The molecule has 0 saturated carbocycles. The lowest BCUT2D eigenvalue weighted by atomic mass is 9.95. The van der Waals surface area contributed by atoms with Crippen LogP contribution < -0.4 is 5.32 Å². The van der Waals surface area contributed by atoms with E-state index in [4.69, 9.17) is 4.42 Å². The summed E-state index contributed by atoms with van der Waals surface area (Å²) in [6, 6.07) is 3.38. The topological polar surface area (TPSA) is 62.6 Å². The molecule has 1 aliphatic rings. The van der Waals surface area contributed by atoms with Crippen LogP contribution in [0.15, 0.2) is 22.8 Å². The highest BCUT2D eigenvalue weighted by atomic mass is 16.3. The van der Waals surface area contributed by atoms with E-state index >= 15 is 0 Å². The van der Waals surface area contributed by atoms with Gasteiger partial charge in [0.1, 0.15) is 0 Å². The van der Waals surface area contributed by atoms with Gasteiger partial charge in [0.25, 0.3) is 5.91 Å². The average Bonchev–Trinajstić information content (AvgIpc) is 2.98. The Kier molecular flexibility index (Phi) is 4.60. The Morgan fingerprint density at radius 3 is 2.74 bits per heavy atom. The molecule has 0 atom stereocenters. The second-order valence-electron chi connectivity index (χ2n) is 4.83. The number of nitrogens with zero attached hydrogens (tertiary/aromatic N) is 1. The maximum Gasteiger partial charge on any atom is 0.289 e. The Balaban J connectivity index is 1.82. The van der Waals surface area contributed by atoms with Crippen LogP contribution in [0.5, 0.6) is 0 Å². The van der Waals surface area contributed by atoms with E-state index in [1.165, 1.54) is 6.26 Å². The Hall–Kier alpha value is -1.78. The molecule has 104 valence electrons. The molecule has 5 nitrogen and oxygen atoms in total. The molecular weight excluding hydrogens is 244 g/mol. The first-order valence-electron chi connectivity index (χ1n) is 6.83. The van der Waals surface area contributed by atoms with Gasteiger partial charge in [0.05, 0.1) is 6.26 Å². The molecule has 0 bridgehead atoms. The van der Waals surface area contributed by atoms with Crippen molar-refractivity contribution in [1.82, 2.24) is 10.2 Å². The minimum Gasteiger partial charge on any atom is -0.459 e. The Labute approximate surface area is 113 Å². The lowest BCUT2D eigenvalue weighted by molar-refractivity contribution is -0.126. The number of likely N-dealkylation sites (tertiary alicyclic amines) is 1. The Morgan fingerprint density at radius 2 is 2.16 bits per heavy atom. The average molecular weight is 264 g/mol. The van der Waals surface area contributed by atoms with Crippen LogP contribution in [0.3, 0.4) is 0 Å². The highest BCUT2D eigenvalue weighted by molar-refractivity contribution is 5.91. The molecule has 0 aliphatic carbocycles. The van der Waals surface area contributed by atoms with Gasteiger partial charge in [-0.1, -0.05) is 6.92 Å². The van der Waals surface area contributed by atoms with Gasteiger partial charge >= 0.3 is 0 Å². The first-order valence-corrected chi connectivity index (χ1v) is 6.83. The maximum atomic E-state index is 12.0. The van der Waals surface area contributed by atoms with Gasteiger partial charge < -0.3 is 14.6 Å². The van der Waals surface area contributed by atoms with Gasteiger partial charge in [-0.25, -0.2) is 0 Å². The summed E-state index contributed by atoms with van der Waals surface area (Å²) in [4.78, 5) is 25.6. The van der Waals surface area contributed by atoms with Crippen LogP contribution in [-0.4, -0.2) is 36.3 Å². The van der Waals surface area contributed by atoms with Crippen LogP contribution >= 0.6 is 0 Å². The van der Waals surface area contributed by atoms with E-state index in [0.29, 0.717) is 18.8 Å². The normalized spacial score (nSPS) is 16.4.